The maximum absolute atomic E-state index is 15.0. The molecule has 0 bridgehead atoms. The summed E-state index contributed by atoms with van der Waals surface area (Å²) in [6.45, 7) is 12.0. The quantitative estimate of drug-likeness (QED) is 0.396. The second-order valence-corrected chi connectivity index (χ2v) is 9.88. The number of halogens is 2. The van der Waals surface area contributed by atoms with Gasteiger partial charge in [-0.05, 0) is 43.7 Å². The number of likely N-dealkylation sites (N-methyl/N-ethyl adjacent to an activating group) is 1. The number of pyridine rings is 1. The average Bonchev–Trinajstić information content (AvgIpc) is 3.22. The first kappa shape index (κ1) is 24.6. The molecule has 5 heterocycles. The van der Waals surface area contributed by atoms with Crippen LogP contribution >= 0.6 is 0 Å². The fourth-order valence-electron chi connectivity index (χ4n) is 5.09. The summed E-state index contributed by atoms with van der Waals surface area (Å²) in [4.78, 5) is 22.2. The molecule has 6 rings (SSSR count). The Labute approximate surface area is 220 Å². The van der Waals surface area contributed by atoms with Gasteiger partial charge < -0.3 is 15.2 Å². The third kappa shape index (κ3) is 4.79. The molecule has 198 valence electrons. The monoisotopic (exact) mass is 519 g/mol. The lowest BCUT2D eigenvalue weighted by Crippen LogP contribution is -2.46. The second-order valence-electron chi connectivity index (χ2n) is 9.88. The van der Waals surface area contributed by atoms with Crippen LogP contribution in [0.1, 0.15) is 24.7 Å². The molecule has 2 aliphatic heterocycles. The van der Waals surface area contributed by atoms with E-state index in [0.717, 1.165) is 70.5 Å². The molecule has 11 heteroatoms. The van der Waals surface area contributed by atoms with Gasteiger partial charge >= 0.3 is 0 Å². The predicted molar refractivity (Wildman–Crippen MR) is 143 cm³/mol. The second kappa shape index (κ2) is 10.2. The molecule has 9 nitrogen and oxygen atoms in total. The van der Waals surface area contributed by atoms with Gasteiger partial charge in [-0.1, -0.05) is 13.0 Å². The molecule has 0 amide bonds. The Hall–Kier alpha value is -3.70. The maximum Gasteiger partial charge on any atom is 0.229 e. The van der Waals surface area contributed by atoms with Crippen molar-refractivity contribution >= 4 is 22.8 Å². The van der Waals surface area contributed by atoms with Crippen LogP contribution in [0.4, 0.5) is 20.5 Å². The number of imidazole rings is 1. The lowest BCUT2D eigenvalue weighted by Gasteiger charge is -2.35. The number of aryl methyl sites for hydroxylation is 1. The summed E-state index contributed by atoms with van der Waals surface area (Å²) in [6, 6.07) is 6.90. The summed E-state index contributed by atoms with van der Waals surface area (Å²) >= 11 is 0. The van der Waals surface area contributed by atoms with E-state index < -0.39 is 11.6 Å². The summed E-state index contributed by atoms with van der Waals surface area (Å²) in [6.07, 6.45) is 4.00. The highest BCUT2D eigenvalue weighted by Crippen LogP contribution is 2.30. The lowest BCUT2D eigenvalue weighted by molar-refractivity contribution is 0.132. The van der Waals surface area contributed by atoms with Gasteiger partial charge in [-0.3, -0.25) is 4.90 Å². The number of hydrogen-bond donors (Lipinski definition) is 1. The van der Waals surface area contributed by atoms with Crippen LogP contribution in [0.15, 0.2) is 36.7 Å². The Morgan fingerprint density at radius 3 is 2.37 bits per heavy atom. The van der Waals surface area contributed by atoms with Crippen molar-refractivity contribution in [2.75, 3.05) is 56.1 Å². The van der Waals surface area contributed by atoms with E-state index in [4.69, 9.17) is 0 Å². The van der Waals surface area contributed by atoms with Crippen LogP contribution in [0.2, 0.25) is 0 Å². The van der Waals surface area contributed by atoms with Gasteiger partial charge in [0.25, 0.3) is 0 Å². The maximum atomic E-state index is 15.0. The highest BCUT2D eigenvalue weighted by atomic mass is 19.1. The summed E-state index contributed by atoms with van der Waals surface area (Å²) in [5, 5.41) is 5.14. The van der Waals surface area contributed by atoms with E-state index in [9.17, 15) is 4.39 Å². The topological polar surface area (TPSA) is 78.2 Å². The number of hydrogen-bond acceptors (Lipinski definition) is 8. The molecule has 3 aromatic heterocycles. The normalized spacial score (nSPS) is 16.7. The molecule has 0 spiro atoms. The van der Waals surface area contributed by atoms with Gasteiger partial charge in [0, 0.05) is 57.6 Å². The molecule has 0 unspecified atom stereocenters. The number of piperazine rings is 1. The van der Waals surface area contributed by atoms with Gasteiger partial charge in [-0.15, -0.1) is 0 Å². The Morgan fingerprint density at radius 1 is 0.895 bits per heavy atom. The van der Waals surface area contributed by atoms with Crippen molar-refractivity contribution < 1.29 is 8.78 Å². The fourth-order valence-corrected chi connectivity index (χ4v) is 5.09. The van der Waals surface area contributed by atoms with Crippen molar-refractivity contribution in [1.82, 2.24) is 34.4 Å². The molecule has 2 fully saturated rings. The van der Waals surface area contributed by atoms with E-state index in [2.05, 4.69) is 47.0 Å². The van der Waals surface area contributed by atoms with Crippen LogP contribution in [0.25, 0.3) is 22.3 Å². The van der Waals surface area contributed by atoms with E-state index in [1.54, 1.807) is 6.07 Å². The Kier molecular flexibility index (Phi) is 6.62. The molecule has 0 atom stereocenters. The van der Waals surface area contributed by atoms with E-state index in [-0.39, 0.29) is 17.2 Å². The fraction of sp³-hybridized carbons (Fsp3) is 0.407. The summed E-state index contributed by atoms with van der Waals surface area (Å²) in [5.74, 6) is 0.285. The van der Waals surface area contributed by atoms with Gasteiger partial charge in [0.05, 0.1) is 11.7 Å². The minimum Gasteiger partial charge on any atom is -0.311 e. The summed E-state index contributed by atoms with van der Waals surface area (Å²) in [5.41, 5.74) is 2.32. The first-order chi connectivity index (χ1) is 18.5. The molecular formula is C27H31F2N9. The smallest absolute Gasteiger partial charge is 0.229 e. The van der Waals surface area contributed by atoms with E-state index in [1.165, 1.54) is 6.07 Å². The summed E-state index contributed by atoms with van der Waals surface area (Å²) < 4.78 is 31.8. The highest BCUT2D eigenvalue weighted by Gasteiger charge is 2.23. The van der Waals surface area contributed by atoms with Crippen LogP contribution in [-0.2, 0) is 6.54 Å². The molecule has 38 heavy (non-hydrogen) atoms. The first-order valence-electron chi connectivity index (χ1n) is 13.1. The van der Waals surface area contributed by atoms with E-state index >= 15 is 4.39 Å². The van der Waals surface area contributed by atoms with E-state index in [0.29, 0.717) is 22.7 Å². The lowest BCUT2D eigenvalue weighted by atomic mass is 10.1. The van der Waals surface area contributed by atoms with Crippen molar-refractivity contribution in [2.24, 2.45) is 0 Å². The number of nitrogens with zero attached hydrogens (tertiary/aromatic N) is 8. The van der Waals surface area contributed by atoms with Crippen LogP contribution in [0.5, 0.6) is 0 Å². The van der Waals surface area contributed by atoms with Crippen molar-refractivity contribution in [3.05, 3.63) is 59.7 Å². The van der Waals surface area contributed by atoms with Crippen LogP contribution in [0.3, 0.4) is 0 Å². The molecule has 0 aliphatic carbocycles. The SMILES string of the molecule is CCN1CCN(Cc2ccc(Nc3ncc(F)c(-c4cc(F)c5nc(C)n(N6CCC6)c5c4)n3)nc2)CC1. The number of rotatable bonds is 7. The minimum atomic E-state index is -0.632. The molecule has 1 N–H and O–H groups in total. The zero-order valence-electron chi connectivity index (χ0n) is 21.7. The van der Waals surface area contributed by atoms with Gasteiger partial charge in [0.2, 0.25) is 5.95 Å². The molecule has 4 aromatic rings. The molecule has 0 saturated carbocycles. The summed E-state index contributed by atoms with van der Waals surface area (Å²) in [7, 11) is 0. The molecule has 2 aliphatic rings. The number of anilines is 2. The van der Waals surface area contributed by atoms with Crippen molar-refractivity contribution in [1.29, 1.82) is 0 Å². The third-order valence-corrected chi connectivity index (χ3v) is 7.37. The molecule has 2 saturated heterocycles. The minimum absolute atomic E-state index is 0.0140. The predicted octanol–water partition coefficient (Wildman–Crippen LogP) is 3.70. The van der Waals surface area contributed by atoms with Gasteiger partial charge in [0.1, 0.15) is 22.9 Å². The standard InChI is InChI=1S/C27H31F2N9/c1-3-35-9-11-36(12-10-35)17-19-5-6-24(30-15-19)33-27-31-16-22(29)25(34-27)20-13-21(28)26-23(14-20)38(18(2)32-26)37-7-4-8-37/h5-6,13-16H,3-4,7-12,17H2,1-2H3,(H,30,31,33,34). The zero-order valence-corrected chi connectivity index (χ0v) is 21.7. The molecule has 0 radical (unpaired) electrons. The number of aromatic nitrogens is 5. The van der Waals surface area contributed by atoms with Crippen molar-refractivity contribution in [3.63, 3.8) is 0 Å². The molecular weight excluding hydrogens is 488 g/mol. The Bertz CT molecular complexity index is 1440. The van der Waals surface area contributed by atoms with Crippen molar-refractivity contribution in [2.45, 2.75) is 26.8 Å². The largest absolute Gasteiger partial charge is 0.311 e. The Balaban J connectivity index is 1.21. The van der Waals surface area contributed by atoms with Gasteiger partial charge in [0.15, 0.2) is 11.6 Å². The molecule has 1 aromatic carbocycles. The number of nitrogens with one attached hydrogen (secondary N) is 1. The van der Waals surface area contributed by atoms with Gasteiger partial charge in [-0.2, -0.15) is 0 Å². The van der Waals surface area contributed by atoms with Crippen LogP contribution in [-0.4, -0.2) is 80.2 Å². The number of benzene rings is 1. The highest BCUT2D eigenvalue weighted by molar-refractivity contribution is 5.83. The van der Waals surface area contributed by atoms with Gasteiger partial charge in [-0.25, -0.2) is 33.4 Å². The average molecular weight is 520 g/mol. The van der Waals surface area contributed by atoms with Crippen molar-refractivity contribution in [3.8, 4) is 11.3 Å². The van der Waals surface area contributed by atoms with E-state index in [1.807, 2.05) is 29.9 Å². The number of fused-ring (bicyclic) bond motifs is 1. The zero-order chi connectivity index (χ0) is 26.2. The van der Waals surface area contributed by atoms with Crippen LogP contribution < -0.4 is 10.3 Å². The first-order valence-corrected chi connectivity index (χ1v) is 13.1. The third-order valence-electron chi connectivity index (χ3n) is 7.37. The van der Waals surface area contributed by atoms with Crippen LogP contribution in [0, 0.1) is 18.6 Å². The Morgan fingerprint density at radius 2 is 1.68 bits per heavy atom.